The largest absolute Gasteiger partial charge is 0.510 e. The highest BCUT2D eigenvalue weighted by atomic mass is 16.5. The monoisotopic (exact) mass is 543 g/mol. The van der Waals surface area contributed by atoms with Crippen molar-refractivity contribution in [2.75, 3.05) is 20.7 Å². The van der Waals surface area contributed by atoms with Crippen molar-refractivity contribution in [2.24, 2.45) is 23.5 Å². The highest BCUT2D eigenvalue weighted by Gasteiger charge is 2.63. The number of primary amides is 1. The van der Waals surface area contributed by atoms with Gasteiger partial charge in [-0.1, -0.05) is 19.9 Å². The molecule has 4 unspecified atom stereocenters. The van der Waals surface area contributed by atoms with Gasteiger partial charge in [0.05, 0.1) is 18.2 Å². The van der Waals surface area contributed by atoms with Gasteiger partial charge < -0.3 is 36.2 Å². The number of hydrogen-bond donors (Lipinski definition) is 6. The van der Waals surface area contributed by atoms with Gasteiger partial charge in [0.2, 0.25) is 5.78 Å². The lowest BCUT2D eigenvalue weighted by Gasteiger charge is -2.50. The molecule has 3 aliphatic rings. The molecule has 210 valence electrons. The number of carbonyl (C=O) groups is 4. The predicted octanol–water partition coefficient (Wildman–Crippen LogP) is 1.00. The molecule has 0 fully saturated rings. The second-order valence-electron chi connectivity index (χ2n) is 10.9. The average Bonchev–Trinajstić information content (AvgIpc) is 2.84. The van der Waals surface area contributed by atoms with Gasteiger partial charge >= 0.3 is 6.09 Å². The first-order valence-corrected chi connectivity index (χ1v) is 12.6. The van der Waals surface area contributed by atoms with E-state index >= 15 is 0 Å². The van der Waals surface area contributed by atoms with Crippen molar-refractivity contribution in [3.05, 3.63) is 51.5 Å². The standard InChI is InChI=1S/C27H33N3O9/c1-11(2)10-39-26(37)29-9-12-5-6-16(31)18-14(12)7-13-8-15-20(30(3)4)22(33)19(25(28)36)24(35)27(15,38)23(34)17(13)21(18)32/h5-6,11,13,15,20,31,33-34,38H,7-10H2,1-4H3,(H2,28,36)(H,29,37). The number of aromatic hydroxyl groups is 1. The number of likely N-dealkylation sites (N-methyl/N-ethyl adjacent to an activating group) is 1. The van der Waals surface area contributed by atoms with Crippen molar-refractivity contribution in [2.45, 2.75) is 44.9 Å². The number of nitrogens with one attached hydrogen (secondary N) is 1. The molecule has 0 aliphatic heterocycles. The van der Waals surface area contributed by atoms with E-state index in [0.717, 1.165) is 0 Å². The van der Waals surface area contributed by atoms with Crippen molar-refractivity contribution < 1.29 is 44.3 Å². The molecule has 12 heteroatoms. The van der Waals surface area contributed by atoms with Crippen LogP contribution in [-0.4, -0.2) is 81.2 Å². The zero-order valence-corrected chi connectivity index (χ0v) is 22.1. The second kappa shape index (κ2) is 10.0. The summed E-state index contributed by atoms with van der Waals surface area (Å²) in [6.07, 6.45) is -0.540. The Bertz CT molecular complexity index is 1330. The third-order valence-corrected chi connectivity index (χ3v) is 7.67. The highest BCUT2D eigenvalue weighted by Crippen LogP contribution is 2.52. The molecule has 3 aliphatic carbocycles. The average molecular weight is 544 g/mol. The van der Waals surface area contributed by atoms with Crippen molar-refractivity contribution in [1.29, 1.82) is 0 Å². The third-order valence-electron chi connectivity index (χ3n) is 7.67. The van der Waals surface area contributed by atoms with E-state index in [1.165, 1.54) is 11.0 Å². The Labute approximate surface area is 224 Å². The van der Waals surface area contributed by atoms with Gasteiger partial charge in [-0.05, 0) is 56.0 Å². The molecule has 0 heterocycles. The maximum absolute atomic E-state index is 13.7. The molecule has 4 rings (SSSR count). The van der Waals surface area contributed by atoms with Crippen LogP contribution in [0.25, 0.3) is 0 Å². The van der Waals surface area contributed by atoms with Crippen LogP contribution in [0.15, 0.2) is 34.8 Å². The Balaban J connectivity index is 1.78. The molecule has 2 amide bonds. The Kier molecular flexibility index (Phi) is 7.21. The fraction of sp³-hybridized carbons (Fsp3) is 0.481. The number of fused-ring (bicyclic) bond motifs is 3. The molecule has 4 atom stereocenters. The summed E-state index contributed by atoms with van der Waals surface area (Å²) in [7, 11) is 3.13. The number of Topliss-reactive ketones (excluding diaryl/α,β-unsaturated/α-hetero) is 2. The number of allylic oxidation sites excluding steroid dienone is 1. The fourth-order valence-electron chi connectivity index (χ4n) is 5.94. The lowest BCUT2D eigenvalue weighted by atomic mass is 9.58. The number of nitrogens with two attached hydrogens (primary N) is 1. The van der Waals surface area contributed by atoms with Crippen molar-refractivity contribution >= 4 is 23.6 Å². The van der Waals surface area contributed by atoms with E-state index in [-0.39, 0.29) is 48.8 Å². The number of aliphatic hydroxyl groups excluding tert-OH is 2. The quantitative estimate of drug-likeness (QED) is 0.281. The number of benzene rings is 1. The third kappa shape index (κ3) is 4.43. The van der Waals surface area contributed by atoms with Crippen molar-refractivity contribution in [1.82, 2.24) is 10.2 Å². The molecule has 0 spiro atoms. The molecular weight excluding hydrogens is 510 g/mol. The maximum Gasteiger partial charge on any atom is 0.407 e. The van der Waals surface area contributed by atoms with E-state index in [1.807, 2.05) is 13.8 Å². The Morgan fingerprint density at radius 3 is 2.46 bits per heavy atom. The first kappa shape index (κ1) is 28.1. The highest BCUT2D eigenvalue weighted by molar-refractivity contribution is 6.24. The number of ether oxygens (including phenoxy) is 1. The van der Waals surface area contributed by atoms with Crippen LogP contribution < -0.4 is 11.1 Å². The lowest BCUT2D eigenvalue weighted by molar-refractivity contribution is -0.148. The van der Waals surface area contributed by atoms with Crippen LogP contribution in [0, 0.1) is 17.8 Å². The van der Waals surface area contributed by atoms with Gasteiger partial charge in [-0.15, -0.1) is 0 Å². The summed E-state index contributed by atoms with van der Waals surface area (Å²) < 4.78 is 5.13. The van der Waals surface area contributed by atoms with E-state index in [9.17, 15) is 39.6 Å². The van der Waals surface area contributed by atoms with Gasteiger partial charge in [0.25, 0.3) is 5.91 Å². The molecular formula is C27H33N3O9. The van der Waals surface area contributed by atoms with E-state index in [2.05, 4.69) is 5.32 Å². The van der Waals surface area contributed by atoms with Crippen LogP contribution in [0.1, 0.15) is 41.8 Å². The van der Waals surface area contributed by atoms with E-state index < -0.39 is 64.1 Å². The van der Waals surface area contributed by atoms with Gasteiger partial charge in [0, 0.05) is 18.0 Å². The molecule has 0 radical (unpaired) electrons. The zero-order valence-electron chi connectivity index (χ0n) is 22.1. The number of carbonyl (C=O) groups excluding carboxylic acids is 4. The lowest BCUT2D eigenvalue weighted by Crippen LogP contribution is -2.63. The number of ketones is 2. The van der Waals surface area contributed by atoms with E-state index in [1.54, 1.807) is 20.2 Å². The number of amides is 2. The van der Waals surface area contributed by atoms with Gasteiger partial charge in [0.1, 0.15) is 22.8 Å². The topological polar surface area (TPSA) is 200 Å². The van der Waals surface area contributed by atoms with Crippen LogP contribution in [-0.2, 0) is 27.3 Å². The van der Waals surface area contributed by atoms with Gasteiger partial charge in [0.15, 0.2) is 11.4 Å². The SMILES string of the molecule is CC(C)COC(=O)NCc1ccc(O)c2c1CC1CC3C(N(C)C)C(O)=C(C(N)=O)C(=O)C3(O)C(O)=C1C2=O. The molecule has 0 aromatic heterocycles. The van der Waals surface area contributed by atoms with Crippen LogP contribution in [0.4, 0.5) is 4.79 Å². The number of phenols is 1. The number of hydrogen-bond acceptors (Lipinski definition) is 10. The molecule has 7 N–H and O–H groups in total. The van der Waals surface area contributed by atoms with Crippen LogP contribution in [0.2, 0.25) is 0 Å². The van der Waals surface area contributed by atoms with Crippen LogP contribution >= 0.6 is 0 Å². The first-order valence-electron chi connectivity index (χ1n) is 12.6. The number of aliphatic hydroxyl groups is 3. The number of nitrogens with zero attached hydrogens (tertiary/aromatic N) is 1. The Morgan fingerprint density at radius 2 is 1.87 bits per heavy atom. The molecule has 12 nitrogen and oxygen atoms in total. The first-order chi connectivity index (χ1) is 18.2. The molecule has 39 heavy (non-hydrogen) atoms. The Morgan fingerprint density at radius 1 is 1.21 bits per heavy atom. The fourth-order valence-corrected chi connectivity index (χ4v) is 5.94. The molecule has 1 aromatic rings. The van der Waals surface area contributed by atoms with Crippen LogP contribution in [0.3, 0.4) is 0 Å². The minimum Gasteiger partial charge on any atom is -0.510 e. The summed E-state index contributed by atoms with van der Waals surface area (Å²) in [5.74, 6) is -6.97. The number of phenolic OH excluding ortho intramolecular Hbond substituents is 1. The minimum atomic E-state index is -2.69. The molecule has 1 aromatic carbocycles. The van der Waals surface area contributed by atoms with Crippen LogP contribution in [0.5, 0.6) is 5.75 Å². The number of rotatable bonds is 6. The summed E-state index contributed by atoms with van der Waals surface area (Å²) in [6.45, 7) is 4.02. The normalized spacial score (nSPS) is 26.4. The smallest absolute Gasteiger partial charge is 0.407 e. The zero-order chi connectivity index (χ0) is 29.0. The maximum atomic E-state index is 13.7. The van der Waals surface area contributed by atoms with E-state index in [4.69, 9.17) is 10.5 Å². The van der Waals surface area contributed by atoms with Gasteiger partial charge in [-0.25, -0.2) is 4.79 Å². The number of alkyl carbamates (subject to hydrolysis) is 1. The minimum absolute atomic E-state index is 0.00223. The summed E-state index contributed by atoms with van der Waals surface area (Å²) in [5, 5.41) is 47.0. The Hall–Kier alpha value is -3.90. The molecule has 0 bridgehead atoms. The molecule has 0 saturated heterocycles. The predicted molar refractivity (Wildman–Crippen MR) is 137 cm³/mol. The van der Waals surface area contributed by atoms with Crippen molar-refractivity contribution in [3.8, 4) is 5.75 Å². The second-order valence-corrected chi connectivity index (χ2v) is 10.9. The van der Waals surface area contributed by atoms with Gasteiger partial charge in [-0.2, -0.15) is 0 Å². The summed E-state index contributed by atoms with van der Waals surface area (Å²) in [6, 6.07) is 1.78. The summed E-state index contributed by atoms with van der Waals surface area (Å²) in [4.78, 5) is 52.7. The van der Waals surface area contributed by atoms with Gasteiger partial charge in [-0.3, -0.25) is 19.3 Å². The van der Waals surface area contributed by atoms with Crippen molar-refractivity contribution in [3.63, 3.8) is 0 Å². The molecule has 0 saturated carbocycles. The summed E-state index contributed by atoms with van der Waals surface area (Å²) in [5.41, 5.74) is 2.40. The summed E-state index contributed by atoms with van der Waals surface area (Å²) >= 11 is 0. The van der Waals surface area contributed by atoms with E-state index in [0.29, 0.717) is 11.1 Å².